The molecule has 0 unspecified atom stereocenters. The minimum Gasteiger partial charge on any atom is -0.481 e. The second-order valence-electron chi connectivity index (χ2n) is 19.3. The molecule has 67 heavy (non-hydrogen) atoms. The molecule has 1 heterocycles. The molecule has 14 nitrogen and oxygen atoms in total. The molecule has 0 bridgehead atoms. The fourth-order valence-electron chi connectivity index (χ4n) is 9.86. The molecule has 2 amide bonds. The minimum absolute atomic E-state index is 0.00458. The van der Waals surface area contributed by atoms with Crippen molar-refractivity contribution in [3.05, 3.63) is 71.8 Å². The van der Waals surface area contributed by atoms with Gasteiger partial charge in [-0.1, -0.05) is 110 Å². The highest BCUT2D eigenvalue weighted by molar-refractivity contribution is 7.85. The van der Waals surface area contributed by atoms with E-state index in [0.29, 0.717) is 44.3 Å². The highest BCUT2D eigenvalue weighted by Crippen LogP contribution is 2.32. The Labute approximate surface area is 400 Å². The number of amides is 2. The third kappa shape index (κ3) is 16.7. The Morgan fingerprint density at radius 2 is 1.51 bits per heavy atom. The zero-order chi connectivity index (χ0) is 50.2. The summed E-state index contributed by atoms with van der Waals surface area (Å²) in [6.07, 6.45) is 5.84. The first kappa shape index (κ1) is 57.0. The van der Waals surface area contributed by atoms with Crippen LogP contribution in [0.2, 0.25) is 0 Å². The maximum Gasteiger partial charge on any atom is 0.303 e. The summed E-state index contributed by atoms with van der Waals surface area (Å²) in [6, 6.07) is 14.3. The molecule has 15 heteroatoms. The highest BCUT2D eigenvalue weighted by Gasteiger charge is 2.43. The van der Waals surface area contributed by atoms with E-state index in [9.17, 15) is 36.9 Å². The molecule has 0 spiro atoms. The monoisotopic (exact) mass is 954 g/mol. The van der Waals surface area contributed by atoms with Crippen molar-refractivity contribution in [2.24, 2.45) is 35.5 Å². The van der Waals surface area contributed by atoms with E-state index in [1.165, 1.54) is 12.1 Å². The van der Waals surface area contributed by atoms with Gasteiger partial charge in [0.05, 0.1) is 41.6 Å². The van der Waals surface area contributed by atoms with Crippen LogP contribution >= 0.6 is 0 Å². The van der Waals surface area contributed by atoms with Gasteiger partial charge in [0.2, 0.25) is 11.8 Å². The summed E-state index contributed by atoms with van der Waals surface area (Å²) >= 11 is 0. The fourth-order valence-corrected chi connectivity index (χ4v) is 10.3. The van der Waals surface area contributed by atoms with Crippen molar-refractivity contribution in [1.29, 1.82) is 0 Å². The SMILES string of the molecule is CC[C@H](C)[C@@H]([C@@H](CC(=O)N1CCC[C@H]1[C@H](OC)[C@@H](C)C(=O)C[C@H](/C=C/c1ccc(S(=O)(=O)O)cc1)Cc1ccccc1)OC)N(C)C(=O)[C@@H](CC(=O)[C@H](C(C)C)N(C)CCCC(=O)O)C(C)C. The van der Waals surface area contributed by atoms with Gasteiger partial charge in [-0.25, -0.2) is 0 Å². The molecule has 1 aliphatic heterocycles. The number of likely N-dealkylation sites (N-methyl/N-ethyl adjacent to an activating group) is 2. The molecule has 0 saturated carbocycles. The van der Waals surface area contributed by atoms with E-state index in [0.717, 1.165) is 12.0 Å². The van der Waals surface area contributed by atoms with Crippen molar-refractivity contribution in [2.75, 3.05) is 41.4 Å². The molecule has 1 aliphatic rings. The number of benzene rings is 2. The Morgan fingerprint density at radius 1 is 0.866 bits per heavy atom. The Hall–Kier alpha value is -4.28. The van der Waals surface area contributed by atoms with Crippen molar-refractivity contribution in [3.8, 4) is 0 Å². The molecule has 374 valence electrons. The van der Waals surface area contributed by atoms with Crippen molar-refractivity contribution in [2.45, 2.75) is 141 Å². The van der Waals surface area contributed by atoms with Crippen LogP contribution in [0.1, 0.15) is 111 Å². The van der Waals surface area contributed by atoms with E-state index < -0.39 is 52.2 Å². The molecule has 0 radical (unpaired) electrons. The number of likely N-dealkylation sites (tertiary alicyclic amines) is 1. The first-order valence-electron chi connectivity index (χ1n) is 23.9. The quantitative estimate of drug-likeness (QED) is 0.0757. The van der Waals surface area contributed by atoms with E-state index in [1.54, 1.807) is 38.3 Å². The molecule has 3 rings (SSSR count). The number of carbonyl (C=O) groups excluding carboxylic acids is 4. The van der Waals surface area contributed by atoms with Crippen molar-refractivity contribution < 1.29 is 51.5 Å². The topological polar surface area (TPSA) is 188 Å². The standard InChI is InChI=1S/C52H79N3O11S/c1-12-36(6)50(54(9)52(61)42(34(2)3)32-45(57)49(35(4)5)53(8)28-17-21-48(59)60)46(65-10)33-47(58)55-29-16-20-43(55)51(66-11)37(7)44(56)31-40(30-39-18-14-13-15-19-39)23-22-38-24-26-41(27-25-38)67(62,63)64/h13-15,18-19,22-27,34-37,40,42-43,46,49-51H,12,16-17,20-21,28-33H2,1-11H3,(H,59,60)(H,62,63,64)/b23-22+/t36-,37-,40+,42-,43-,46+,49-,50-,51+/m0/s1. The molecule has 0 aromatic heterocycles. The molecule has 2 N–H and O–H groups in total. The summed E-state index contributed by atoms with van der Waals surface area (Å²) in [5.74, 6) is -3.00. The number of ketones is 2. The summed E-state index contributed by atoms with van der Waals surface area (Å²) in [5.41, 5.74) is 1.76. The zero-order valence-electron chi connectivity index (χ0n) is 41.8. The molecule has 2 aromatic rings. The van der Waals surface area contributed by atoms with Gasteiger partial charge >= 0.3 is 5.97 Å². The number of rotatable bonds is 29. The molecular formula is C52H79N3O11S. The van der Waals surface area contributed by atoms with Crippen LogP contribution < -0.4 is 0 Å². The average Bonchev–Trinajstić information content (AvgIpc) is 3.76. The number of methoxy groups -OCH3 is 2. The third-order valence-electron chi connectivity index (χ3n) is 13.8. The smallest absolute Gasteiger partial charge is 0.303 e. The van der Waals surface area contributed by atoms with Gasteiger partial charge in [-0.05, 0) is 86.2 Å². The number of carboxylic acids is 1. The minimum atomic E-state index is -4.33. The van der Waals surface area contributed by atoms with Crippen LogP contribution in [0.4, 0.5) is 0 Å². The van der Waals surface area contributed by atoms with Gasteiger partial charge in [0.25, 0.3) is 10.1 Å². The summed E-state index contributed by atoms with van der Waals surface area (Å²) in [7, 11) is 2.35. The van der Waals surface area contributed by atoms with E-state index in [2.05, 4.69) is 0 Å². The van der Waals surface area contributed by atoms with E-state index in [-0.39, 0.29) is 83.7 Å². The molecule has 9 atom stereocenters. The maximum atomic E-state index is 14.6. The summed E-state index contributed by atoms with van der Waals surface area (Å²) in [4.78, 5) is 73.6. The Morgan fingerprint density at radius 3 is 2.04 bits per heavy atom. The number of hydrogen-bond acceptors (Lipinski definition) is 10. The number of Topliss-reactive ketones (excluding diaryl/α,β-unsaturated/α-hetero) is 2. The molecule has 2 aromatic carbocycles. The lowest BCUT2D eigenvalue weighted by Gasteiger charge is -2.41. The number of hydrogen-bond donors (Lipinski definition) is 2. The van der Waals surface area contributed by atoms with Gasteiger partial charge in [0, 0.05) is 58.9 Å². The Balaban J connectivity index is 1.81. The molecule has 1 saturated heterocycles. The van der Waals surface area contributed by atoms with Crippen LogP contribution in [0.3, 0.4) is 0 Å². The van der Waals surface area contributed by atoms with Gasteiger partial charge < -0.3 is 24.4 Å². The average molecular weight is 954 g/mol. The number of aliphatic carboxylic acids is 1. The van der Waals surface area contributed by atoms with Crippen LogP contribution in [0, 0.1) is 35.5 Å². The predicted molar refractivity (Wildman–Crippen MR) is 261 cm³/mol. The first-order valence-corrected chi connectivity index (χ1v) is 25.4. The van der Waals surface area contributed by atoms with Crippen molar-refractivity contribution in [1.82, 2.24) is 14.7 Å². The summed E-state index contributed by atoms with van der Waals surface area (Å²) in [6.45, 7) is 14.6. The van der Waals surface area contributed by atoms with Crippen molar-refractivity contribution in [3.63, 3.8) is 0 Å². The van der Waals surface area contributed by atoms with Crippen LogP contribution in [0.5, 0.6) is 0 Å². The normalized spacial score (nSPS) is 18.1. The molecule has 1 fully saturated rings. The summed E-state index contributed by atoms with van der Waals surface area (Å²) < 4.78 is 44.7. The summed E-state index contributed by atoms with van der Waals surface area (Å²) in [5, 5.41) is 9.15. The maximum absolute atomic E-state index is 14.6. The second kappa shape index (κ2) is 27.0. The number of carbonyl (C=O) groups is 5. The van der Waals surface area contributed by atoms with Crippen molar-refractivity contribution >= 4 is 45.5 Å². The molecule has 0 aliphatic carbocycles. The molecular weight excluding hydrogens is 875 g/mol. The van der Waals surface area contributed by atoms with Crippen LogP contribution in [-0.4, -0.2) is 134 Å². The van der Waals surface area contributed by atoms with Gasteiger partial charge in [-0.3, -0.25) is 33.4 Å². The van der Waals surface area contributed by atoms with Gasteiger partial charge in [-0.2, -0.15) is 8.42 Å². The zero-order valence-corrected chi connectivity index (χ0v) is 42.6. The number of nitrogens with zero attached hydrogens (tertiary/aromatic N) is 3. The fraction of sp³-hybridized carbons (Fsp3) is 0.635. The Kier molecular flexibility index (Phi) is 23.0. The number of ether oxygens (including phenoxy) is 2. The van der Waals surface area contributed by atoms with Gasteiger partial charge in [0.15, 0.2) is 5.78 Å². The third-order valence-corrected chi connectivity index (χ3v) is 14.6. The van der Waals surface area contributed by atoms with Gasteiger partial charge in [-0.15, -0.1) is 0 Å². The van der Waals surface area contributed by atoms with Crippen LogP contribution in [0.15, 0.2) is 65.6 Å². The number of carboxylic acid groups (broad SMARTS) is 1. The second-order valence-corrected chi connectivity index (χ2v) is 20.7. The Bertz CT molecular complexity index is 2040. The predicted octanol–water partition coefficient (Wildman–Crippen LogP) is 7.74. The first-order chi connectivity index (χ1) is 31.5. The van der Waals surface area contributed by atoms with Crippen LogP contribution in [0.25, 0.3) is 6.08 Å². The van der Waals surface area contributed by atoms with E-state index in [4.69, 9.17) is 14.6 Å². The highest BCUT2D eigenvalue weighted by atomic mass is 32.2. The van der Waals surface area contributed by atoms with Crippen LogP contribution in [-0.2, 0) is 50.0 Å². The lowest BCUT2D eigenvalue weighted by molar-refractivity contribution is -0.149. The van der Waals surface area contributed by atoms with Gasteiger partial charge in [0.1, 0.15) is 5.78 Å². The van der Waals surface area contributed by atoms with E-state index >= 15 is 0 Å². The largest absolute Gasteiger partial charge is 0.481 e. The lowest BCUT2D eigenvalue weighted by Crippen LogP contribution is -2.54. The van der Waals surface area contributed by atoms with E-state index in [1.807, 2.05) is 108 Å². The lowest BCUT2D eigenvalue weighted by atomic mass is 9.83. The number of allylic oxidation sites excluding steroid dienone is 1.